The normalized spacial score (nSPS) is 18.2. The van der Waals surface area contributed by atoms with E-state index in [1.165, 1.54) is 11.0 Å². The Morgan fingerprint density at radius 1 is 1.45 bits per heavy atom. The molecule has 0 radical (unpaired) electrons. The second kappa shape index (κ2) is 5.87. The van der Waals surface area contributed by atoms with Crippen LogP contribution >= 0.6 is 0 Å². The number of hydrogen-bond acceptors (Lipinski definition) is 4. The average Bonchev–Trinajstić information content (AvgIpc) is 3.06. The average molecular weight is 303 g/mol. The number of nitrogens with zero attached hydrogens (tertiary/aromatic N) is 3. The number of halogens is 1. The van der Waals surface area contributed by atoms with Crippen LogP contribution in [0.1, 0.15) is 43.0 Å². The molecule has 1 aliphatic heterocycles. The van der Waals surface area contributed by atoms with Crippen LogP contribution in [0.4, 0.5) is 10.1 Å². The van der Waals surface area contributed by atoms with Gasteiger partial charge in [0.15, 0.2) is 5.82 Å². The fraction of sp³-hybridized carbons (Fsp3) is 0.438. The quantitative estimate of drug-likeness (QED) is 0.871. The van der Waals surface area contributed by atoms with Gasteiger partial charge in [0.05, 0.1) is 11.6 Å². The minimum absolute atomic E-state index is 0.122. The van der Waals surface area contributed by atoms with Gasteiger partial charge in [-0.25, -0.2) is 4.39 Å². The lowest BCUT2D eigenvalue weighted by Gasteiger charge is -2.17. The van der Waals surface area contributed by atoms with E-state index >= 15 is 0 Å². The fourth-order valence-electron chi connectivity index (χ4n) is 2.70. The lowest BCUT2D eigenvalue weighted by molar-refractivity contribution is -0.117. The van der Waals surface area contributed by atoms with E-state index in [4.69, 9.17) is 4.52 Å². The van der Waals surface area contributed by atoms with Crippen LogP contribution in [0.3, 0.4) is 0 Å². The number of hydrogen-bond donors (Lipinski definition) is 0. The number of carbonyl (C=O) groups is 1. The largest absolute Gasteiger partial charge is 0.339 e. The van der Waals surface area contributed by atoms with Gasteiger partial charge in [0.25, 0.3) is 0 Å². The second-order valence-corrected chi connectivity index (χ2v) is 5.66. The molecule has 1 aromatic carbocycles. The van der Waals surface area contributed by atoms with Crippen LogP contribution in [0.25, 0.3) is 0 Å². The molecule has 5 nitrogen and oxygen atoms in total. The first-order valence-corrected chi connectivity index (χ1v) is 7.47. The first-order chi connectivity index (χ1) is 10.6. The van der Waals surface area contributed by atoms with Gasteiger partial charge in [-0.15, -0.1) is 0 Å². The van der Waals surface area contributed by atoms with Gasteiger partial charge in [0, 0.05) is 19.4 Å². The Kier molecular flexibility index (Phi) is 3.92. The minimum Gasteiger partial charge on any atom is -0.339 e. The summed E-state index contributed by atoms with van der Waals surface area (Å²) in [6.45, 7) is 4.22. The summed E-state index contributed by atoms with van der Waals surface area (Å²) in [7, 11) is 0. The smallest absolute Gasteiger partial charge is 0.232 e. The van der Waals surface area contributed by atoms with Crippen molar-refractivity contribution in [3.8, 4) is 0 Å². The van der Waals surface area contributed by atoms with E-state index in [-0.39, 0.29) is 24.1 Å². The lowest BCUT2D eigenvalue weighted by Crippen LogP contribution is -2.25. The van der Waals surface area contributed by atoms with Gasteiger partial charge in [0.2, 0.25) is 11.8 Å². The molecule has 1 unspecified atom stereocenters. The third kappa shape index (κ3) is 2.73. The van der Waals surface area contributed by atoms with Crippen LogP contribution in [-0.4, -0.2) is 22.6 Å². The number of anilines is 1. The van der Waals surface area contributed by atoms with Crippen molar-refractivity contribution in [1.29, 1.82) is 0 Å². The molecule has 1 saturated heterocycles. The highest BCUT2D eigenvalue weighted by Crippen LogP contribution is 2.32. The van der Waals surface area contributed by atoms with Crippen molar-refractivity contribution in [3.05, 3.63) is 41.3 Å². The zero-order chi connectivity index (χ0) is 15.7. The Morgan fingerprint density at radius 3 is 3.00 bits per heavy atom. The topological polar surface area (TPSA) is 59.2 Å². The first kappa shape index (κ1) is 14.7. The molecule has 2 heterocycles. The fourth-order valence-corrected chi connectivity index (χ4v) is 2.70. The summed E-state index contributed by atoms with van der Waals surface area (Å²) in [6.07, 6.45) is 1.95. The predicted molar refractivity (Wildman–Crippen MR) is 79.1 cm³/mol. The van der Waals surface area contributed by atoms with E-state index in [0.717, 1.165) is 18.4 Å². The maximum atomic E-state index is 14.1. The van der Waals surface area contributed by atoms with Gasteiger partial charge in [-0.2, -0.15) is 4.98 Å². The molecular weight excluding hydrogens is 285 g/mol. The first-order valence-electron chi connectivity index (χ1n) is 7.47. The number of aromatic nitrogens is 2. The van der Waals surface area contributed by atoms with Crippen molar-refractivity contribution < 1.29 is 13.7 Å². The summed E-state index contributed by atoms with van der Waals surface area (Å²) in [5.41, 5.74) is 1.14. The molecule has 1 atom stereocenters. The molecule has 1 aliphatic rings. The van der Waals surface area contributed by atoms with E-state index < -0.39 is 0 Å². The summed E-state index contributed by atoms with van der Waals surface area (Å²) in [4.78, 5) is 18.0. The SMILES string of the molecule is CCCc1noc(C2CC(=O)N(c3ccc(C)cc3F)C2)n1. The van der Waals surface area contributed by atoms with Gasteiger partial charge < -0.3 is 9.42 Å². The molecule has 0 N–H and O–H groups in total. The Bertz CT molecular complexity index is 698. The Balaban J connectivity index is 1.80. The van der Waals surface area contributed by atoms with Crippen LogP contribution in [0.15, 0.2) is 22.7 Å². The molecule has 116 valence electrons. The molecule has 1 aromatic heterocycles. The Hall–Kier alpha value is -2.24. The number of amides is 1. The highest BCUT2D eigenvalue weighted by molar-refractivity contribution is 5.96. The van der Waals surface area contributed by atoms with Crippen LogP contribution in [-0.2, 0) is 11.2 Å². The van der Waals surface area contributed by atoms with Crippen LogP contribution < -0.4 is 4.90 Å². The molecule has 0 bridgehead atoms. The van der Waals surface area contributed by atoms with E-state index in [1.54, 1.807) is 12.1 Å². The number of aryl methyl sites for hydroxylation is 2. The maximum absolute atomic E-state index is 14.1. The number of carbonyl (C=O) groups excluding carboxylic acids is 1. The molecule has 2 aromatic rings. The highest BCUT2D eigenvalue weighted by atomic mass is 19.1. The van der Waals surface area contributed by atoms with Crippen molar-refractivity contribution in [3.63, 3.8) is 0 Å². The van der Waals surface area contributed by atoms with Crippen molar-refractivity contribution >= 4 is 11.6 Å². The van der Waals surface area contributed by atoms with E-state index in [1.807, 2.05) is 13.8 Å². The van der Waals surface area contributed by atoms with Gasteiger partial charge in [0.1, 0.15) is 5.82 Å². The molecule has 3 rings (SSSR count). The van der Waals surface area contributed by atoms with Gasteiger partial charge in [-0.1, -0.05) is 18.1 Å². The molecule has 1 amide bonds. The molecule has 0 saturated carbocycles. The summed E-state index contributed by atoms with van der Waals surface area (Å²) in [6, 6.07) is 4.87. The van der Waals surface area contributed by atoms with Crippen molar-refractivity contribution in [2.24, 2.45) is 0 Å². The van der Waals surface area contributed by atoms with E-state index in [2.05, 4.69) is 10.1 Å². The van der Waals surface area contributed by atoms with E-state index in [9.17, 15) is 9.18 Å². The van der Waals surface area contributed by atoms with Crippen LogP contribution in [0.2, 0.25) is 0 Å². The third-order valence-corrected chi connectivity index (χ3v) is 3.83. The summed E-state index contributed by atoms with van der Waals surface area (Å²) < 4.78 is 19.3. The van der Waals surface area contributed by atoms with Crippen molar-refractivity contribution in [2.75, 3.05) is 11.4 Å². The number of benzene rings is 1. The summed E-state index contributed by atoms with van der Waals surface area (Å²) in [5.74, 6) is 0.442. The standard InChI is InChI=1S/C16H18FN3O2/c1-3-4-14-18-16(22-19-14)11-8-15(21)20(9-11)13-6-5-10(2)7-12(13)17/h5-7,11H,3-4,8-9H2,1-2H3. The minimum atomic E-state index is -0.383. The molecule has 6 heteroatoms. The number of rotatable bonds is 4. The zero-order valence-electron chi connectivity index (χ0n) is 12.7. The Morgan fingerprint density at radius 2 is 2.27 bits per heavy atom. The molecule has 0 aliphatic carbocycles. The highest BCUT2D eigenvalue weighted by Gasteiger charge is 2.36. The monoisotopic (exact) mass is 303 g/mol. The maximum Gasteiger partial charge on any atom is 0.232 e. The molecule has 22 heavy (non-hydrogen) atoms. The molecule has 1 fully saturated rings. The molecular formula is C16H18FN3O2. The summed E-state index contributed by atoms with van der Waals surface area (Å²) in [5, 5.41) is 3.91. The van der Waals surface area contributed by atoms with E-state index in [0.29, 0.717) is 23.9 Å². The van der Waals surface area contributed by atoms with Crippen molar-refractivity contribution in [2.45, 2.75) is 39.0 Å². The van der Waals surface area contributed by atoms with Crippen LogP contribution in [0.5, 0.6) is 0 Å². The predicted octanol–water partition coefficient (Wildman–Crippen LogP) is 2.99. The molecule has 0 spiro atoms. The second-order valence-electron chi connectivity index (χ2n) is 5.66. The van der Waals surface area contributed by atoms with Crippen molar-refractivity contribution in [1.82, 2.24) is 10.1 Å². The third-order valence-electron chi connectivity index (χ3n) is 3.83. The van der Waals surface area contributed by atoms with Gasteiger partial charge in [-0.05, 0) is 31.0 Å². The van der Waals surface area contributed by atoms with Crippen LogP contribution in [0, 0.1) is 12.7 Å². The van der Waals surface area contributed by atoms with Gasteiger partial charge >= 0.3 is 0 Å². The lowest BCUT2D eigenvalue weighted by atomic mass is 10.1. The van der Waals surface area contributed by atoms with Gasteiger partial charge in [-0.3, -0.25) is 4.79 Å². The Labute approximate surface area is 128 Å². The summed E-state index contributed by atoms with van der Waals surface area (Å²) >= 11 is 0. The zero-order valence-corrected chi connectivity index (χ0v) is 12.7.